The molecule has 2 aliphatic rings. The lowest BCUT2D eigenvalue weighted by Crippen LogP contribution is -3.00. The van der Waals surface area contributed by atoms with E-state index in [9.17, 15) is 5.11 Å². The van der Waals surface area contributed by atoms with E-state index < -0.39 is 5.72 Å². The molecule has 1 unspecified atom stereocenters. The van der Waals surface area contributed by atoms with E-state index >= 15 is 0 Å². The zero-order valence-corrected chi connectivity index (χ0v) is 19.3. The average Bonchev–Trinajstić information content (AvgIpc) is 2.89. The molecule has 30 heavy (non-hydrogen) atoms. The molecule has 1 N–H and O–H groups in total. The van der Waals surface area contributed by atoms with Gasteiger partial charge in [0.2, 0.25) is 0 Å². The number of methoxy groups -OCH3 is 3. The van der Waals surface area contributed by atoms with Crippen LogP contribution in [0.2, 0.25) is 0 Å². The minimum Gasteiger partial charge on any atom is -1.00 e. The van der Waals surface area contributed by atoms with Crippen molar-refractivity contribution in [3.05, 3.63) is 48.0 Å². The summed E-state index contributed by atoms with van der Waals surface area (Å²) in [6.45, 7) is 1.47. The third-order valence-corrected chi connectivity index (χ3v) is 5.91. The van der Waals surface area contributed by atoms with E-state index in [1.54, 1.807) is 21.3 Å². The van der Waals surface area contributed by atoms with E-state index in [-0.39, 0.29) is 17.0 Å². The second kappa shape index (κ2) is 9.27. The van der Waals surface area contributed by atoms with Crippen molar-refractivity contribution in [3.63, 3.8) is 0 Å². The Morgan fingerprint density at radius 3 is 2.30 bits per heavy atom. The number of ether oxygens (including phenoxy) is 3. The second-order valence-electron chi connectivity index (χ2n) is 7.57. The number of amidine groups is 1. The Kier molecular flexibility index (Phi) is 6.93. The van der Waals surface area contributed by atoms with Crippen molar-refractivity contribution in [2.45, 2.75) is 31.4 Å². The molecule has 1 atom stereocenters. The first-order chi connectivity index (χ1) is 14.1. The second-order valence-corrected chi connectivity index (χ2v) is 7.57. The van der Waals surface area contributed by atoms with Gasteiger partial charge in [-0.2, -0.15) is 4.90 Å². The number of anilines is 1. The quantitative estimate of drug-likeness (QED) is 0.631. The molecule has 6 nitrogen and oxygen atoms in total. The first-order valence-electron chi connectivity index (χ1n) is 10.1. The smallest absolute Gasteiger partial charge is 0.275 e. The lowest BCUT2D eigenvalue weighted by molar-refractivity contribution is -0.534. The van der Waals surface area contributed by atoms with Crippen molar-refractivity contribution in [1.29, 1.82) is 0 Å². The van der Waals surface area contributed by atoms with Crippen LogP contribution in [0.1, 0.15) is 31.2 Å². The number of nitrogens with zero attached hydrogens (tertiary/aromatic N) is 2. The highest BCUT2D eigenvalue weighted by Gasteiger charge is 2.54. The van der Waals surface area contributed by atoms with E-state index in [0.29, 0.717) is 18.0 Å². The molecule has 2 aromatic rings. The zero-order valence-electron chi connectivity index (χ0n) is 17.7. The Balaban J connectivity index is 0.00000256. The number of halogens is 1. The summed E-state index contributed by atoms with van der Waals surface area (Å²) >= 11 is 0. The Morgan fingerprint density at radius 2 is 1.63 bits per heavy atom. The summed E-state index contributed by atoms with van der Waals surface area (Å²) in [5.74, 6) is 3.23. The minimum atomic E-state index is -1.19. The fourth-order valence-electron chi connectivity index (χ4n) is 4.42. The van der Waals surface area contributed by atoms with Crippen LogP contribution in [0, 0.1) is 0 Å². The lowest BCUT2D eigenvalue weighted by Gasteiger charge is -2.29. The number of rotatable bonds is 5. The van der Waals surface area contributed by atoms with Crippen molar-refractivity contribution < 1.29 is 40.9 Å². The van der Waals surface area contributed by atoms with Gasteiger partial charge >= 0.3 is 0 Å². The number of hydrogen-bond acceptors (Lipinski definition) is 5. The predicted molar refractivity (Wildman–Crippen MR) is 112 cm³/mol. The van der Waals surface area contributed by atoms with Gasteiger partial charge < -0.3 is 36.3 Å². The molecule has 0 spiro atoms. The van der Waals surface area contributed by atoms with E-state index in [1.807, 2.05) is 42.5 Å². The van der Waals surface area contributed by atoms with Gasteiger partial charge in [0.25, 0.3) is 11.6 Å². The summed E-state index contributed by atoms with van der Waals surface area (Å²) in [5, 5.41) is 12.0. The highest BCUT2D eigenvalue weighted by molar-refractivity contribution is 5.97. The highest BCUT2D eigenvalue weighted by atomic mass is 79.9. The summed E-state index contributed by atoms with van der Waals surface area (Å²) in [7, 11) is 4.89. The van der Waals surface area contributed by atoms with Gasteiger partial charge in [0.05, 0.1) is 27.9 Å². The summed E-state index contributed by atoms with van der Waals surface area (Å²) in [4.78, 5) is 2.08. The zero-order chi connectivity index (χ0) is 20.4. The topological polar surface area (TPSA) is 54.2 Å². The van der Waals surface area contributed by atoms with E-state index in [2.05, 4.69) is 9.48 Å². The highest BCUT2D eigenvalue weighted by Crippen LogP contribution is 2.41. The van der Waals surface area contributed by atoms with Crippen molar-refractivity contribution in [1.82, 2.24) is 0 Å². The van der Waals surface area contributed by atoms with Gasteiger partial charge in [0.15, 0.2) is 18.0 Å². The van der Waals surface area contributed by atoms with E-state index in [0.717, 1.165) is 42.8 Å². The van der Waals surface area contributed by atoms with Gasteiger partial charge in [0, 0.05) is 12.0 Å². The maximum absolute atomic E-state index is 12.0. The molecule has 2 aromatic carbocycles. The van der Waals surface area contributed by atoms with Gasteiger partial charge in [-0.3, -0.25) is 4.58 Å². The van der Waals surface area contributed by atoms with Crippen molar-refractivity contribution >= 4 is 11.5 Å². The average molecular weight is 477 g/mol. The molecule has 0 fully saturated rings. The third kappa shape index (κ3) is 3.88. The summed E-state index contributed by atoms with van der Waals surface area (Å²) < 4.78 is 18.5. The minimum absolute atomic E-state index is 0. The third-order valence-electron chi connectivity index (χ3n) is 5.91. The van der Waals surface area contributed by atoms with E-state index in [1.165, 1.54) is 12.3 Å². The van der Waals surface area contributed by atoms with Crippen LogP contribution in [-0.2, 0) is 5.72 Å². The molecular formula is C23H29BrN2O4. The standard InChI is InChI=1S/C23H29N2O4.BrH/c1-27-19-11-9-18(10-12-19)25-22-7-5-4-6-14-24(22)16-23(25,26)17-8-13-20(28-2)21(15-17)29-3;/h8-13,15,26H,4-7,14,16H2,1-3H3;1H/q+1;/p-1. The molecule has 0 saturated heterocycles. The molecular weight excluding hydrogens is 448 g/mol. The molecule has 7 heteroatoms. The van der Waals surface area contributed by atoms with Crippen LogP contribution in [0.5, 0.6) is 17.2 Å². The van der Waals surface area contributed by atoms with Gasteiger partial charge in [-0.1, -0.05) is 0 Å². The van der Waals surface area contributed by atoms with Crippen LogP contribution in [0.15, 0.2) is 42.5 Å². The molecule has 0 radical (unpaired) electrons. The van der Waals surface area contributed by atoms with Crippen LogP contribution in [0.3, 0.4) is 0 Å². The molecule has 0 aromatic heterocycles. The molecule has 0 bridgehead atoms. The fourth-order valence-corrected chi connectivity index (χ4v) is 4.42. The maximum atomic E-state index is 12.0. The maximum Gasteiger partial charge on any atom is 0.275 e. The monoisotopic (exact) mass is 476 g/mol. The van der Waals surface area contributed by atoms with Crippen molar-refractivity contribution in [2.24, 2.45) is 0 Å². The molecule has 0 aliphatic carbocycles. The molecule has 2 heterocycles. The summed E-state index contributed by atoms with van der Waals surface area (Å²) in [6, 6.07) is 13.5. The Morgan fingerprint density at radius 1 is 0.900 bits per heavy atom. The molecule has 162 valence electrons. The van der Waals surface area contributed by atoms with Crippen LogP contribution >= 0.6 is 0 Å². The number of hydrogen-bond donors (Lipinski definition) is 1. The Bertz CT molecular complexity index is 916. The molecule has 2 aliphatic heterocycles. The first kappa shape index (κ1) is 22.4. The van der Waals surface area contributed by atoms with Gasteiger partial charge in [-0.15, -0.1) is 0 Å². The van der Waals surface area contributed by atoms with Crippen molar-refractivity contribution in [2.75, 3.05) is 39.3 Å². The lowest BCUT2D eigenvalue weighted by atomic mass is 9.99. The molecule has 4 rings (SSSR count). The first-order valence-corrected chi connectivity index (χ1v) is 10.1. The van der Waals surface area contributed by atoms with Gasteiger partial charge in [-0.25, -0.2) is 0 Å². The van der Waals surface area contributed by atoms with Crippen LogP contribution in [0.25, 0.3) is 0 Å². The number of aliphatic hydroxyl groups is 1. The number of benzene rings is 2. The largest absolute Gasteiger partial charge is 1.00 e. The van der Waals surface area contributed by atoms with Crippen LogP contribution < -0.4 is 36.1 Å². The Hall–Kier alpha value is -2.25. The fraction of sp³-hybridized carbons (Fsp3) is 0.435. The molecule has 0 saturated carbocycles. The van der Waals surface area contributed by atoms with Gasteiger partial charge in [-0.05, 0) is 61.7 Å². The summed E-state index contributed by atoms with van der Waals surface area (Å²) in [6.07, 6.45) is 4.43. The van der Waals surface area contributed by atoms with Gasteiger partial charge in [0.1, 0.15) is 11.4 Å². The van der Waals surface area contributed by atoms with Crippen LogP contribution in [-0.4, -0.2) is 49.9 Å². The van der Waals surface area contributed by atoms with Crippen LogP contribution in [0.4, 0.5) is 5.69 Å². The normalized spacial score (nSPS) is 20.9. The van der Waals surface area contributed by atoms with Crippen molar-refractivity contribution in [3.8, 4) is 17.2 Å². The SMILES string of the molecule is COc1ccc(N2C3=[N+](CCCCC3)CC2(O)c2ccc(OC)c(OC)c2)cc1.[Br-]. The molecule has 0 amide bonds. The predicted octanol–water partition coefficient (Wildman–Crippen LogP) is 0.367. The van der Waals surface area contributed by atoms with E-state index in [4.69, 9.17) is 14.2 Å². The summed E-state index contributed by atoms with van der Waals surface area (Å²) in [5.41, 5.74) is 0.537. The Labute approximate surface area is 188 Å².